The lowest BCUT2D eigenvalue weighted by Gasteiger charge is -2.30. The second-order valence-electron chi connectivity index (χ2n) is 12.2. The molecule has 1 aliphatic heterocycles. The molecule has 25 nitrogen and oxygen atoms in total. The first-order chi connectivity index (χ1) is 25.0. The Bertz CT molecular complexity index is 1810. The number of anilines is 1. The zero-order valence-electron chi connectivity index (χ0n) is 28.8. The second kappa shape index (κ2) is 18.9. The minimum atomic E-state index is -5.58. The van der Waals surface area contributed by atoms with Crippen molar-refractivity contribution in [3.8, 4) is 0 Å². The number of phosphoric acid groups is 3. The molecule has 8 atom stereocenters. The van der Waals surface area contributed by atoms with Crippen molar-refractivity contribution in [2.45, 2.75) is 57.8 Å². The fourth-order valence-corrected chi connectivity index (χ4v) is 8.88. The van der Waals surface area contributed by atoms with Crippen molar-refractivity contribution < 1.29 is 85.3 Å². The van der Waals surface area contributed by atoms with Gasteiger partial charge in [-0.25, -0.2) is 28.6 Å². The zero-order valence-corrected chi connectivity index (χ0v) is 32.4. The molecule has 1 fully saturated rings. The topological polar surface area (TPSA) is 381 Å². The first kappa shape index (κ1) is 45.6. The maximum Gasteiger partial charge on any atom is 0.481 e. The number of aldehydes is 1. The van der Waals surface area contributed by atoms with Crippen molar-refractivity contribution in [1.82, 2.24) is 30.2 Å². The molecular weight excluding hydrogens is 811 g/mol. The van der Waals surface area contributed by atoms with E-state index < -0.39 is 95.4 Å². The van der Waals surface area contributed by atoms with Crippen molar-refractivity contribution >= 4 is 74.6 Å². The molecule has 54 heavy (non-hydrogen) atoms. The minimum Gasteiger partial charge on any atom is -0.386 e. The van der Waals surface area contributed by atoms with Gasteiger partial charge in [0.05, 0.1) is 19.5 Å². The fraction of sp³-hybridized carbons (Fsp3) is 0.640. The van der Waals surface area contributed by atoms with Crippen LogP contribution in [0.2, 0.25) is 0 Å². The number of carbonyl (C=O) groups excluding carboxylic acids is 4. The van der Waals surface area contributed by atoms with Gasteiger partial charge in [-0.2, -0.15) is 15.2 Å². The minimum absolute atomic E-state index is 0.0243. The highest BCUT2D eigenvalue weighted by atomic mass is 32.2. The highest BCUT2D eigenvalue weighted by Crippen LogP contribution is 2.61. The van der Waals surface area contributed by atoms with E-state index in [0.29, 0.717) is 12.0 Å². The Hall–Kier alpha value is -2.77. The van der Waals surface area contributed by atoms with Gasteiger partial charge in [-0.05, 0) is 5.75 Å². The molecular formula is C25H42N7O18P3S. The molecule has 306 valence electrons. The number of amides is 2. The zero-order chi connectivity index (χ0) is 40.6. The van der Waals surface area contributed by atoms with Gasteiger partial charge in [0.1, 0.15) is 42.5 Å². The van der Waals surface area contributed by atoms with E-state index >= 15 is 0 Å². The van der Waals surface area contributed by atoms with E-state index in [2.05, 4.69) is 34.4 Å². The Morgan fingerprint density at radius 1 is 1.09 bits per heavy atom. The number of imidazole rings is 1. The van der Waals surface area contributed by atoms with Gasteiger partial charge in [0, 0.05) is 37.6 Å². The number of aromatic nitrogens is 4. The summed E-state index contributed by atoms with van der Waals surface area (Å²) >= 11 is 0. The number of ether oxygens (including phenoxy) is 1. The summed E-state index contributed by atoms with van der Waals surface area (Å²) < 4.78 is 61.9. The number of hydrogen-bond acceptors (Lipinski definition) is 18. The number of nitrogens with two attached hydrogens (primary N) is 1. The van der Waals surface area contributed by atoms with Crippen molar-refractivity contribution in [2.24, 2.45) is 5.41 Å². The van der Waals surface area contributed by atoms with E-state index in [-0.39, 0.29) is 47.4 Å². The third-order valence-electron chi connectivity index (χ3n) is 7.52. The van der Waals surface area contributed by atoms with Gasteiger partial charge in [-0.1, -0.05) is 13.8 Å². The number of hydrogen-bond donors (Lipinski definition) is 10. The van der Waals surface area contributed by atoms with Crippen LogP contribution in [0, 0.1) is 5.41 Å². The average Bonchev–Trinajstić information content (AvgIpc) is 3.62. The first-order valence-electron chi connectivity index (χ1n) is 15.5. The van der Waals surface area contributed by atoms with E-state index in [1.54, 1.807) is 0 Å². The van der Waals surface area contributed by atoms with E-state index in [1.807, 2.05) is 0 Å². The molecule has 1 saturated heterocycles. The number of nitrogens with zero attached hydrogens (tertiary/aromatic N) is 4. The van der Waals surface area contributed by atoms with Gasteiger partial charge < -0.3 is 55.7 Å². The van der Waals surface area contributed by atoms with Crippen LogP contribution in [0.25, 0.3) is 11.2 Å². The van der Waals surface area contributed by atoms with Gasteiger partial charge in [0.15, 0.2) is 22.8 Å². The molecule has 2 aromatic rings. The molecule has 3 rings (SSSR count). The smallest absolute Gasteiger partial charge is 0.386 e. The number of aliphatic hydroxyl groups excluding tert-OH is 2. The third-order valence-corrected chi connectivity index (χ3v) is 12.9. The van der Waals surface area contributed by atoms with E-state index in [9.17, 15) is 62.7 Å². The summed E-state index contributed by atoms with van der Waals surface area (Å²) in [4.78, 5) is 97.6. The normalized spacial score (nSPS) is 22.9. The van der Waals surface area contributed by atoms with Crippen molar-refractivity contribution in [3.05, 3.63) is 12.7 Å². The van der Waals surface area contributed by atoms with E-state index in [0.717, 1.165) is 17.2 Å². The van der Waals surface area contributed by atoms with Gasteiger partial charge in [-0.15, -0.1) is 0 Å². The lowest BCUT2D eigenvalue weighted by Crippen LogP contribution is -2.46. The summed E-state index contributed by atoms with van der Waals surface area (Å²) in [5.41, 5.74) is 4.22. The molecule has 1 aliphatic rings. The quantitative estimate of drug-likeness (QED) is 0.0374. The third kappa shape index (κ3) is 13.2. The number of thiol groups is 1. The Balaban J connectivity index is 1.53. The SMILES string of the molecule is CC(=O)[SH](CC=O)CCNC(=O)CCNC(=O)C(O)C(C)(C)COP(=O)(O)OP(=O)(O)OC[C@H]1O[C@@H](n2cnc3c(N)ncnc32)[C@H](O)[C@@H]1OP(=O)(O)O. The number of phosphoric ester groups is 3. The Morgan fingerprint density at radius 3 is 2.39 bits per heavy atom. The molecule has 0 spiro atoms. The molecule has 0 aromatic carbocycles. The van der Waals surface area contributed by atoms with Crippen molar-refractivity contribution in [3.63, 3.8) is 0 Å². The Kier molecular flexibility index (Phi) is 16.0. The van der Waals surface area contributed by atoms with Gasteiger partial charge in [0.25, 0.3) is 0 Å². The highest BCUT2D eigenvalue weighted by Gasteiger charge is 2.50. The molecule has 4 unspecified atom stereocenters. The Labute approximate surface area is 309 Å². The number of fused-ring (bicyclic) bond motifs is 1. The van der Waals surface area contributed by atoms with E-state index in [4.69, 9.17) is 19.5 Å². The van der Waals surface area contributed by atoms with E-state index in [1.165, 1.54) is 20.8 Å². The van der Waals surface area contributed by atoms with Crippen LogP contribution in [0.5, 0.6) is 0 Å². The van der Waals surface area contributed by atoms with Crippen LogP contribution in [-0.4, -0.2) is 135 Å². The van der Waals surface area contributed by atoms with Crippen LogP contribution in [0.15, 0.2) is 12.7 Å². The van der Waals surface area contributed by atoms with Gasteiger partial charge >= 0.3 is 23.5 Å². The van der Waals surface area contributed by atoms with Gasteiger partial charge in [-0.3, -0.25) is 32.5 Å². The van der Waals surface area contributed by atoms with Crippen LogP contribution in [0.3, 0.4) is 0 Å². The predicted molar refractivity (Wildman–Crippen MR) is 185 cm³/mol. The molecule has 29 heteroatoms. The lowest BCUT2D eigenvalue weighted by molar-refractivity contribution is -0.137. The fourth-order valence-electron chi connectivity index (χ4n) is 4.74. The van der Waals surface area contributed by atoms with Crippen molar-refractivity contribution in [2.75, 3.05) is 43.5 Å². The number of aliphatic hydroxyl groups is 2. The summed E-state index contributed by atoms with van der Waals surface area (Å²) in [6.07, 6.45) is -6.38. The number of nitrogen functional groups attached to an aromatic ring is 1. The summed E-state index contributed by atoms with van der Waals surface area (Å²) in [5, 5.41) is 26.1. The molecule has 0 aliphatic carbocycles. The number of rotatable bonds is 21. The van der Waals surface area contributed by atoms with Crippen molar-refractivity contribution in [1.29, 1.82) is 0 Å². The monoisotopic (exact) mass is 853 g/mol. The summed E-state index contributed by atoms with van der Waals surface area (Å²) in [5.74, 6) is -1.15. The average molecular weight is 854 g/mol. The predicted octanol–water partition coefficient (Wildman–Crippen LogP) is -1.85. The summed E-state index contributed by atoms with van der Waals surface area (Å²) in [7, 11) is -17.6. The molecule has 0 bridgehead atoms. The molecule has 3 heterocycles. The first-order valence-corrected chi connectivity index (χ1v) is 21.8. The standard InChI is InChI=1S/C25H42N7O18P3S/c1-14(34)54(9-7-33)8-6-27-16(35)4-5-28-23(38)20(37)25(2,3)11-47-53(44,45)50-52(42,43)46-10-15-19(49-51(39,40)41)18(36)24(48-15)32-13-31-17-21(26)29-12-30-22(17)32/h7,12-13,15,18-20,24,36-37,54H,4-6,8-11H2,1-3H3,(H,27,35)(H,28,38)(H,42,43)(H,44,45)(H2,26,29,30)(H2,39,40,41)/t15-,18-,19-,20?,24-/m1/s1. The number of nitrogens with one attached hydrogen (secondary N) is 2. The molecule has 10 N–H and O–H groups in total. The lowest BCUT2D eigenvalue weighted by atomic mass is 9.87. The van der Waals surface area contributed by atoms with Crippen LogP contribution < -0.4 is 16.4 Å². The Morgan fingerprint density at radius 2 is 1.76 bits per heavy atom. The molecule has 0 radical (unpaired) electrons. The van der Waals surface area contributed by atoms with Gasteiger partial charge in [0.2, 0.25) is 11.8 Å². The summed E-state index contributed by atoms with van der Waals surface area (Å²) in [6, 6.07) is 0. The maximum absolute atomic E-state index is 12.6. The molecule has 2 aromatic heterocycles. The highest BCUT2D eigenvalue weighted by molar-refractivity contribution is 8.30. The maximum atomic E-state index is 12.6. The summed E-state index contributed by atoms with van der Waals surface area (Å²) in [6.45, 7) is 1.68. The van der Waals surface area contributed by atoms with Crippen LogP contribution in [0.4, 0.5) is 5.82 Å². The molecule has 2 amide bonds. The second-order valence-corrected chi connectivity index (χ2v) is 19.0. The largest absolute Gasteiger partial charge is 0.481 e. The number of carbonyl (C=O) groups is 4. The molecule has 0 saturated carbocycles. The van der Waals surface area contributed by atoms with Crippen LogP contribution >= 0.6 is 34.4 Å². The van der Waals surface area contributed by atoms with Crippen LogP contribution in [0.1, 0.15) is 33.4 Å². The van der Waals surface area contributed by atoms with Crippen LogP contribution in [-0.2, 0) is 55.5 Å².